The van der Waals surface area contributed by atoms with Gasteiger partial charge in [-0.3, -0.25) is 9.80 Å². The summed E-state index contributed by atoms with van der Waals surface area (Å²) in [5.41, 5.74) is 3.17. The van der Waals surface area contributed by atoms with Crippen LogP contribution in [0.2, 0.25) is 0 Å². The Morgan fingerprint density at radius 1 is 0.794 bits per heavy atom. The molecule has 0 aromatic carbocycles. The van der Waals surface area contributed by atoms with Gasteiger partial charge in [-0.15, -0.1) is 0 Å². The van der Waals surface area contributed by atoms with Gasteiger partial charge in [-0.25, -0.2) is 0 Å². The highest BCUT2D eigenvalue weighted by atomic mass is 31.1. The smallest absolute Gasteiger partial charge is 0.0771 e. The maximum atomic E-state index is 4.51. The number of aromatic nitrogens is 4. The van der Waals surface area contributed by atoms with Crippen LogP contribution in [0.4, 0.5) is 0 Å². The predicted molar refractivity (Wildman–Crippen MR) is 142 cm³/mol. The molecule has 3 heterocycles. The van der Waals surface area contributed by atoms with Gasteiger partial charge >= 0.3 is 0 Å². The fourth-order valence-electron chi connectivity index (χ4n) is 6.14. The molecule has 6 nitrogen and oxygen atoms in total. The first-order chi connectivity index (χ1) is 16.8. The molecular weight excluding hydrogens is 458 g/mol. The zero-order valence-corrected chi connectivity index (χ0v) is 22.3. The van der Waals surface area contributed by atoms with Crippen LogP contribution in [-0.2, 0) is 13.1 Å². The van der Waals surface area contributed by atoms with E-state index in [-0.39, 0.29) is 7.92 Å². The summed E-state index contributed by atoms with van der Waals surface area (Å²) >= 11 is 0. The molecule has 3 aliphatic rings. The van der Waals surface area contributed by atoms with Crippen molar-refractivity contribution in [1.29, 1.82) is 0 Å². The van der Waals surface area contributed by atoms with E-state index in [0.29, 0.717) is 5.78 Å². The lowest BCUT2D eigenvalue weighted by Gasteiger charge is -2.46. The molecule has 0 spiro atoms. The van der Waals surface area contributed by atoms with E-state index in [1.54, 1.807) is 12.4 Å². The predicted octanol–water partition coefficient (Wildman–Crippen LogP) is 5.86. The molecule has 2 aliphatic carbocycles. The first-order valence-electron chi connectivity index (χ1n) is 13.3. The van der Waals surface area contributed by atoms with Crippen LogP contribution in [0.1, 0.15) is 75.6 Å². The zero-order valence-electron chi connectivity index (χ0n) is 20.4. The Labute approximate surface area is 208 Å². The quantitative estimate of drug-likeness (QED) is 0.465. The van der Waals surface area contributed by atoms with E-state index in [2.05, 4.69) is 48.4 Å². The van der Waals surface area contributed by atoms with Crippen molar-refractivity contribution >= 4 is 16.5 Å². The van der Waals surface area contributed by atoms with Crippen molar-refractivity contribution in [2.75, 3.05) is 18.9 Å². The molecule has 2 saturated carbocycles. The molecule has 2 aromatic rings. The summed E-state index contributed by atoms with van der Waals surface area (Å²) in [6, 6.07) is 8.41. The Hall–Kier alpha value is -1.06. The van der Waals surface area contributed by atoms with E-state index in [9.17, 15) is 0 Å². The largest absolute Gasteiger partial charge is 0.289 e. The lowest BCUT2D eigenvalue weighted by atomic mass is 9.88. The minimum Gasteiger partial charge on any atom is -0.289 e. The second kappa shape index (κ2) is 12.8. The Bertz CT molecular complexity index is 845. The summed E-state index contributed by atoms with van der Waals surface area (Å²) in [4.78, 5) is 5.64. The molecule has 8 heteroatoms. The Balaban J connectivity index is 1.40. The molecule has 1 aliphatic heterocycles. The molecule has 2 aromatic heterocycles. The number of hydrogen-bond acceptors (Lipinski definition) is 6. The van der Waals surface area contributed by atoms with Gasteiger partial charge in [-0.1, -0.05) is 55.0 Å². The molecule has 0 bridgehead atoms. The Kier molecular flexibility index (Phi) is 9.25. The van der Waals surface area contributed by atoms with Gasteiger partial charge in [0.15, 0.2) is 0 Å². The van der Waals surface area contributed by atoms with Crippen LogP contribution < -0.4 is 0 Å². The van der Waals surface area contributed by atoms with Gasteiger partial charge in [-0.2, -0.15) is 20.4 Å². The topological polar surface area (TPSA) is 58.0 Å². The van der Waals surface area contributed by atoms with Crippen LogP contribution in [-0.4, -0.2) is 60.5 Å². The normalized spacial score (nSPS) is 27.4. The number of rotatable bonds is 6. The highest BCUT2D eigenvalue weighted by Crippen LogP contribution is 2.53. The van der Waals surface area contributed by atoms with Gasteiger partial charge in [0.25, 0.3) is 0 Å². The van der Waals surface area contributed by atoms with E-state index in [1.807, 2.05) is 6.07 Å². The second-order valence-corrected chi connectivity index (χ2v) is 14.2. The van der Waals surface area contributed by atoms with Gasteiger partial charge < -0.3 is 0 Å². The summed E-state index contributed by atoms with van der Waals surface area (Å²) in [5.74, 6) is 1.52. The highest BCUT2D eigenvalue weighted by Gasteiger charge is 2.35. The van der Waals surface area contributed by atoms with E-state index < -0.39 is 0 Å². The van der Waals surface area contributed by atoms with Gasteiger partial charge in [0, 0.05) is 50.1 Å². The van der Waals surface area contributed by atoms with Crippen molar-refractivity contribution in [1.82, 2.24) is 30.2 Å². The summed E-state index contributed by atoms with van der Waals surface area (Å²) in [5, 5.41) is 17.3. The Morgan fingerprint density at radius 3 is 2.09 bits per heavy atom. The molecule has 3 fully saturated rings. The van der Waals surface area contributed by atoms with Crippen LogP contribution in [0.15, 0.2) is 36.7 Å². The van der Waals surface area contributed by atoms with Gasteiger partial charge in [0.1, 0.15) is 0 Å². The molecule has 0 N–H and O–H groups in total. The molecule has 0 amide bonds. The first-order valence-corrected chi connectivity index (χ1v) is 16.4. The molecule has 34 heavy (non-hydrogen) atoms. The van der Waals surface area contributed by atoms with Gasteiger partial charge in [0.2, 0.25) is 0 Å². The van der Waals surface area contributed by atoms with Gasteiger partial charge in [-0.05, 0) is 61.5 Å². The third-order valence-corrected chi connectivity index (χ3v) is 12.8. The molecule has 3 atom stereocenters. The van der Waals surface area contributed by atoms with Crippen LogP contribution in [0.3, 0.4) is 0 Å². The Morgan fingerprint density at radius 2 is 1.44 bits per heavy atom. The summed E-state index contributed by atoms with van der Waals surface area (Å²) < 4.78 is 0. The van der Waals surface area contributed by atoms with Crippen molar-refractivity contribution in [3.8, 4) is 0 Å². The fourth-order valence-corrected chi connectivity index (χ4v) is 11.4. The van der Waals surface area contributed by atoms with Crippen LogP contribution >= 0.6 is 16.5 Å². The van der Waals surface area contributed by atoms with Crippen molar-refractivity contribution in [3.63, 3.8) is 0 Å². The van der Waals surface area contributed by atoms with E-state index >= 15 is 0 Å². The van der Waals surface area contributed by atoms with Crippen LogP contribution in [0.25, 0.3) is 0 Å². The van der Waals surface area contributed by atoms with Crippen molar-refractivity contribution in [3.05, 3.63) is 48.0 Å². The molecule has 5 rings (SSSR count). The maximum Gasteiger partial charge on any atom is 0.0771 e. The molecule has 3 unspecified atom stereocenters. The van der Waals surface area contributed by atoms with Gasteiger partial charge in [0.05, 0.1) is 11.4 Å². The van der Waals surface area contributed by atoms with E-state index in [0.717, 1.165) is 44.6 Å². The molecule has 1 saturated heterocycles. The lowest BCUT2D eigenvalue weighted by Crippen LogP contribution is -2.43. The molecule has 184 valence electrons. The summed E-state index contributed by atoms with van der Waals surface area (Å²) in [7, 11) is 0.849. The third-order valence-electron chi connectivity index (χ3n) is 7.86. The standard InChI is InChI=1S/C26H40N6P2/c1-3-9-22(10-4-1)26-32(18-24-12-8-16-28-30-24)21-34(25-13-5-2-6-14-25)20-31(19-33-26)17-23-11-7-15-27-29-23/h7-8,11-12,15-16,22,25-26,33H,1-6,9-10,13-14,17-21H2. The fraction of sp³-hybridized carbons (Fsp3) is 0.692. The monoisotopic (exact) mass is 498 g/mol. The SMILES string of the molecule is c1cnnc(CN2CPC(C3CCCCC3)N(Cc3cccnn3)CP(C3CCCCC3)C2)c1. The van der Waals surface area contributed by atoms with E-state index in [1.165, 1.54) is 83.1 Å². The first kappa shape index (κ1) is 24.6. The lowest BCUT2D eigenvalue weighted by molar-refractivity contribution is 0.183. The third kappa shape index (κ3) is 6.78. The average Bonchev–Trinajstić information content (AvgIpc) is 2.89. The average molecular weight is 499 g/mol. The number of nitrogens with zero attached hydrogens (tertiary/aromatic N) is 6. The number of hydrogen-bond donors (Lipinski definition) is 0. The summed E-state index contributed by atoms with van der Waals surface area (Å²) in [6.45, 7) is 1.92. The van der Waals surface area contributed by atoms with E-state index in [4.69, 9.17) is 0 Å². The van der Waals surface area contributed by atoms with Crippen molar-refractivity contribution < 1.29 is 0 Å². The minimum absolute atomic E-state index is 0.0923. The molecule has 0 radical (unpaired) electrons. The van der Waals surface area contributed by atoms with Crippen LogP contribution in [0, 0.1) is 5.92 Å². The maximum absolute atomic E-state index is 4.51. The summed E-state index contributed by atoms with van der Waals surface area (Å²) in [6.07, 6.45) is 21.5. The van der Waals surface area contributed by atoms with Crippen molar-refractivity contribution in [2.45, 2.75) is 88.7 Å². The minimum atomic E-state index is -0.0923. The van der Waals surface area contributed by atoms with Crippen LogP contribution in [0.5, 0.6) is 0 Å². The van der Waals surface area contributed by atoms with Crippen molar-refractivity contribution in [2.24, 2.45) is 5.92 Å². The zero-order chi connectivity index (χ0) is 23.0. The molecular formula is C26H40N6P2. The highest BCUT2D eigenvalue weighted by molar-refractivity contribution is 7.58. The second-order valence-electron chi connectivity index (χ2n) is 10.4.